The Bertz CT molecular complexity index is 1520. The molecule has 0 amide bonds. The van der Waals surface area contributed by atoms with Crippen molar-refractivity contribution >= 4 is 34.0 Å². The number of halogens is 1. The van der Waals surface area contributed by atoms with Crippen LogP contribution in [0.4, 0.5) is 5.69 Å². The lowest BCUT2D eigenvalue weighted by Crippen LogP contribution is -2.57. The Hall–Kier alpha value is -3.48. The lowest BCUT2D eigenvalue weighted by molar-refractivity contribution is 0.119. The zero-order valence-corrected chi connectivity index (χ0v) is 20.9. The van der Waals surface area contributed by atoms with E-state index in [0.717, 1.165) is 35.4 Å². The Balaban J connectivity index is 1.45. The van der Waals surface area contributed by atoms with Crippen molar-refractivity contribution in [1.82, 2.24) is 29.0 Å². The molecule has 10 heteroatoms. The third-order valence-corrected chi connectivity index (χ3v) is 7.17. The fourth-order valence-electron chi connectivity index (χ4n) is 5.07. The van der Waals surface area contributed by atoms with Crippen LogP contribution in [0.3, 0.4) is 0 Å². The maximum Gasteiger partial charge on any atom is 0.267 e. The summed E-state index contributed by atoms with van der Waals surface area (Å²) in [5.41, 5.74) is 4.81. The molecule has 4 heterocycles. The number of aryl methyl sites for hydroxylation is 1. The SMILES string of the molecule is CC1CN(C(C)c2ccc3ncc(Cl)nc3c2)[C@H](C)CN1c1cc(=O)n(C)n2cc(CC#N)nc12. The van der Waals surface area contributed by atoms with Gasteiger partial charge in [-0.05, 0) is 38.5 Å². The molecular formula is C25H27ClN8O. The molecule has 0 bridgehead atoms. The van der Waals surface area contributed by atoms with Crippen LogP contribution < -0.4 is 10.5 Å². The van der Waals surface area contributed by atoms with Gasteiger partial charge in [0, 0.05) is 44.3 Å². The van der Waals surface area contributed by atoms with E-state index in [9.17, 15) is 4.79 Å². The topological polar surface area (TPSA) is 95.4 Å². The first kappa shape index (κ1) is 23.3. The summed E-state index contributed by atoms with van der Waals surface area (Å²) in [6, 6.07) is 10.5. The molecule has 5 rings (SSSR count). The Morgan fingerprint density at radius 1 is 1.17 bits per heavy atom. The van der Waals surface area contributed by atoms with Crippen molar-refractivity contribution in [3.63, 3.8) is 0 Å². The molecule has 1 aliphatic heterocycles. The number of benzene rings is 1. The molecule has 1 saturated heterocycles. The van der Waals surface area contributed by atoms with Gasteiger partial charge in [-0.15, -0.1) is 0 Å². The van der Waals surface area contributed by atoms with Crippen molar-refractivity contribution < 1.29 is 0 Å². The van der Waals surface area contributed by atoms with Crippen molar-refractivity contribution in [3.8, 4) is 6.07 Å². The zero-order chi connectivity index (χ0) is 24.9. The quantitative estimate of drug-likeness (QED) is 0.433. The van der Waals surface area contributed by atoms with Crippen LogP contribution in [0.1, 0.15) is 38.1 Å². The number of hydrogen-bond acceptors (Lipinski definition) is 7. The molecule has 3 atom stereocenters. The van der Waals surface area contributed by atoms with Crippen LogP contribution in [0.2, 0.25) is 5.15 Å². The molecule has 0 spiro atoms. The van der Waals surface area contributed by atoms with Crippen LogP contribution in [0.5, 0.6) is 0 Å². The molecule has 1 aliphatic rings. The number of aromatic nitrogens is 5. The van der Waals surface area contributed by atoms with Gasteiger partial charge in [0.2, 0.25) is 0 Å². The molecule has 1 aromatic carbocycles. The lowest BCUT2D eigenvalue weighted by Gasteiger charge is -2.47. The zero-order valence-electron chi connectivity index (χ0n) is 20.2. The normalized spacial score (nSPS) is 19.8. The largest absolute Gasteiger partial charge is 0.363 e. The summed E-state index contributed by atoms with van der Waals surface area (Å²) in [6.07, 6.45) is 3.53. The van der Waals surface area contributed by atoms with E-state index >= 15 is 0 Å². The van der Waals surface area contributed by atoms with Crippen LogP contribution in [-0.2, 0) is 13.5 Å². The minimum atomic E-state index is -0.111. The second-order valence-electron chi connectivity index (χ2n) is 9.29. The Morgan fingerprint density at radius 3 is 2.74 bits per heavy atom. The lowest BCUT2D eigenvalue weighted by atomic mass is 10.00. The van der Waals surface area contributed by atoms with E-state index in [0.29, 0.717) is 16.5 Å². The van der Waals surface area contributed by atoms with Gasteiger partial charge in [-0.2, -0.15) is 5.26 Å². The molecule has 0 aliphatic carbocycles. The molecule has 0 radical (unpaired) electrons. The summed E-state index contributed by atoms with van der Waals surface area (Å²) in [5, 5.41) is 9.50. The molecule has 35 heavy (non-hydrogen) atoms. The van der Waals surface area contributed by atoms with E-state index in [2.05, 4.69) is 63.7 Å². The van der Waals surface area contributed by atoms with Crippen molar-refractivity contribution in [2.75, 3.05) is 18.0 Å². The molecule has 3 aromatic heterocycles. The van der Waals surface area contributed by atoms with Gasteiger partial charge in [-0.1, -0.05) is 17.7 Å². The van der Waals surface area contributed by atoms with Crippen LogP contribution in [0.15, 0.2) is 41.5 Å². The molecule has 1 fully saturated rings. The number of rotatable bonds is 4. The third-order valence-electron chi connectivity index (χ3n) is 6.99. The number of imidazole rings is 1. The van der Waals surface area contributed by atoms with Gasteiger partial charge in [0.1, 0.15) is 5.15 Å². The molecular weight excluding hydrogens is 464 g/mol. The van der Waals surface area contributed by atoms with E-state index in [4.69, 9.17) is 16.9 Å². The minimum Gasteiger partial charge on any atom is -0.363 e. The fourth-order valence-corrected chi connectivity index (χ4v) is 5.21. The fraction of sp³-hybridized carbons (Fsp3) is 0.400. The number of hydrogen-bond donors (Lipinski definition) is 0. The highest BCUT2D eigenvalue weighted by atomic mass is 35.5. The van der Waals surface area contributed by atoms with Gasteiger partial charge in [-0.25, -0.2) is 19.2 Å². The number of anilines is 1. The third kappa shape index (κ3) is 4.13. The summed E-state index contributed by atoms with van der Waals surface area (Å²) in [6.45, 7) is 8.14. The summed E-state index contributed by atoms with van der Waals surface area (Å²) < 4.78 is 3.27. The van der Waals surface area contributed by atoms with E-state index < -0.39 is 0 Å². The van der Waals surface area contributed by atoms with Crippen LogP contribution >= 0.6 is 11.6 Å². The Morgan fingerprint density at radius 2 is 1.97 bits per heavy atom. The summed E-state index contributed by atoms with van der Waals surface area (Å²) in [5.74, 6) is 0. The van der Waals surface area contributed by atoms with Crippen molar-refractivity contribution in [1.29, 1.82) is 5.26 Å². The van der Waals surface area contributed by atoms with Crippen LogP contribution in [0.25, 0.3) is 16.7 Å². The highest BCUT2D eigenvalue weighted by Gasteiger charge is 2.34. The van der Waals surface area contributed by atoms with Crippen molar-refractivity contribution in [2.24, 2.45) is 7.05 Å². The first-order valence-electron chi connectivity index (χ1n) is 11.7. The van der Waals surface area contributed by atoms with Crippen LogP contribution in [0, 0.1) is 11.3 Å². The molecule has 0 saturated carbocycles. The number of nitriles is 1. The van der Waals surface area contributed by atoms with Crippen molar-refractivity contribution in [3.05, 3.63) is 63.4 Å². The van der Waals surface area contributed by atoms with Crippen LogP contribution in [-0.4, -0.2) is 54.2 Å². The molecule has 2 unspecified atom stereocenters. The minimum absolute atomic E-state index is 0.111. The maximum atomic E-state index is 12.7. The molecule has 4 aromatic rings. The highest BCUT2D eigenvalue weighted by Crippen LogP contribution is 2.32. The summed E-state index contributed by atoms with van der Waals surface area (Å²) in [7, 11) is 1.71. The second kappa shape index (κ2) is 8.95. The van der Waals surface area contributed by atoms with E-state index in [1.54, 1.807) is 30.0 Å². The first-order chi connectivity index (χ1) is 16.8. The van der Waals surface area contributed by atoms with E-state index in [1.165, 1.54) is 4.68 Å². The Kier molecular flexibility index (Phi) is 5.95. The van der Waals surface area contributed by atoms with E-state index in [-0.39, 0.29) is 30.1 Å². The molecule has 180 valence electrons. The second-order valence-corrected chi connectivity index (χ2v) is 9.68. The van der Waals surface area contributed by atoms with Gasteiger partial charge >= 0.3 is 0 Å². The summed E-state index contributed by atoms with van der Waals surface area (Å²) >= 11 is 6.06. The van der Waals surface area contributed by atoms with Gasteiger partial charge < -0.3 is 4.90 Å². The number of piperazine rings is 1. The Labute approximate surface area is 208 Å². The van der Waals surface area contributed by atoms with Gasteiger partial charge in [-0.3, -0.25) is 14.7 Å². The first-order valence-corrected chi connectivity index (χ1v) is 12.0. The van der Waals surface area contributed by atoms with Crippen molar-refractivity contribution in [2.45, 2.75) is 45.3 Å². The highest BCUT2D eigenvalue weighted by molar-refractivity contribution is 6.29. The van der Waals surface area contributed by atoms with Gasteiger partial charge in [0.25, 0.3) is 5.56 Å². The average molecular weight is 491 g/mol. The molecule has 9 nitrogen and oxygen atoms in total. The summed E-state index contributed by atoms with van der Waals surface area (Å²) in [4.78, 5) is 30.9. The van der Waals surface area contributed by atoms with Gasteiger partial charge in [0.15, 0.2) is 5.65 Å². The maximum absolute atomic E-state index is 12.7. The standard InChI is InChI=1S/C25H27ClN8O/c1-15-13-33(22-10-24(35)31(4)34-14-19(7-8-27)29-25(22)34)16(2)12-32(15)17(3)18-5-6-20-21(9-18)30-23(26)11-28-20/h5-6,9-11,14-17H,7,12-13H2,1-4H3/t15-,16?,17?/m1/s1. The average Bonchev–Trinajstić information content (AvgIpc) is 3.26. The van der Waals surface area contributed by atoms with E-state index in [1.807, 2.05) is 6.07 Å². The number of fused-ring (bicyclic) bond motifs is 2. The number of nitrogens with zero attached hydrogens (tertiary/aromatic N) is 8. The monoisotopic (exact) mass is 490 g/mol. The predicted molar refractivity (Wildman–Crippen MR) is 136 cm³/mol. The molecule has 0 N–H and O–H groups in total. The van der Waals surface area contributed by atoms with Gasteiger partial charge in [0.05, 0.1) is 47.3 Å². The smallest absolute Gasteiger partial charge is 0.267 e. The predicted octanol–water partition coefficient (Wildman–Crippen LogP) is 3.36.